The summed E-state index contributed by atoms with van der Waals surface area (Å²) in [7, 11) is 0. The van der Waals surface area contributed by atoms with Crippen LogP contribution in [0.4, 0.5) is 16.3 Å². The molecule has 1 aliphatic rings. The Labute approximate surface area is 220 Å². The van der Waals surface area contributed by atoms with Crippen molar-refractivity contribution in [3.63, 3.8) is 0 Å². The number of nitrogens with zero attached hydrogens (tertiary/aromatic N) is 5. The first-order valence-corrected chi connectivity index (χ1v) is 12.4. The smallest absolute Gasteiger partial charge is 0.415 e. The highest BCUT2D eigenvalue weighted by molar-refractivity contribution is 5.98. The van der Waals surface area contributed by atoms with Crippen LogP contribution < -0.4 is 10.6 Å². The second-order valence-corrected chi connectivity index (χ2v) is 9.27. The Kier molecular flexibility index (Phi) is 7.03. The molecule has 2 aromatic carbocycles. The summed E-state index contributed by atoms with van der Waals surface area (Å²) in [6.45, 7) is 7.73. The number of nitrogens with one attached hydrogen (secondary N) is 2. The zero-order chi connectivity index (χ0) is 26.6. The van der Waals surface area contributed by atoms with Crippen LogP contribution in [-0.4, -0.2) is 49.0 Å². The number of rotatable bonds is 7. The summed E-state index contributed by atoms with van der Waals surface area (Å²) < 4.78 is 6.95. The van der Waals surface area contributed by atoms with Gasteiger partial charge in [-0.25, -0.2) is 14.8 Å². The summed E-state index contributed by atoms with van der Waals surface area (Å²) in [5.74, 6) is 1.29. The van der Waals surface area contributed by atoms with Gasteiger partial charge in [0.15, 0.2) is 5.82 Å². The fourth-order valence-electron chi connectivity index (χ4n) is 4.55. The van der Waals surface area contributed by atoms with Crippen molar-refractivity contribution in [1.29, 1.82) is 0 Å². The molecule has 1 aliphatic heterocycles. The average Bonchev–Trinajstić information content (AvgIpc) is 3.56. The number of anilines is 2. The van der Waals surface area contributed by atoms with Crippen LogP contribution in [0.5, 0.6) is 0 Å². The van der Waals surface area contributed by atoms with Gasteiger partial charge in [-0.1, -0.05) is 36.9 Å². The zero-order valence-electron chi connectivity index (χ0n) is 21.3. The van der Waals surface area contributed by atoms with E-state index in [-0.39, 0.29) is 11.9 Å². The standard InChI is InChI=1S/C28H29N7O3/c1-18(2)38-28(37)34-13-7-10-24(34)27(36)32-21-11-12-23-22(14-21)30-17-35(23)26-16-29-15-25(33-26)31-19(3)20-8-5-4-6-9-20/h4-6,8-9,11-12,14-17,19,24H,1,7,10,13H2,2-3H3,(H,31,33)(H,32,36)/t19-,24-/m0/s1. The molecule has 2 aromatic heterocycles. The molecule has 194 valence electrons. The van der Waals surface area contributed by atoms with Gasteiger partial charge in [0.1, 0.15) is 18.2 Å². The highest BCUT2D eigenvalue weighted by Gasteiger charge is 2.35. The number of carbonyl (C=O) groups is 2. The number of imidazole rings is 1. The van der Waals surface area contributed by atoms with Gasteiger partial charge in [-0.3, -0.25) is 19.2 Å². The van der Waals surface area contributed by atoms with Gasteiger partial charge < -0.3 is 15.4 Å². The van der Waals surface area contributed by atoms with E-state index in [1.54, 1.807) is 37.8 Å². The normalized spacial score (nSPS) is 15.7. The molecule has 38 heavy (non-hydrogen) atoms. The van der Waals surface area contributed by atoms with E-state index in [0.717, 1.165) is 17.5 Å². The van der Waals surface area contributed by atoms with Crippen LogP contribution in [0.25, 0.3) is 16.9 Å². The van der Waals surface area contributed by atoms with Crippen LogP contribution in [0.1, 0.15) is 38.3 Å². The van der Waals surface area contributed by atoms with Crippen LogP contribution in [0.3, 0.4) is 0 Å². The number of hydrogen-bond acceptors (Lipinski definition) is 7. The fraction of sp³-hybridized carbons (Fsp3) is 0.250. The number of carbonyl (C=O) groups excluding carboxylic acids is 2. The van der Waals surface area contributed by atoms with Crippen LogP contribution in [0.15, 0.2) is 79.6 Å². The van der Waals surface area contributed by atoms with Gasteiger partial charge in [-0.2, -0.15) is 0 Å². The minimum Gasteiger partial charge on any atom is -0.416 e. The molecule has 0 aliphatic carbocycles. The fourth-order valence-corrected chi connectivity index (χ4v) is 4.55. The van der Waals surface area contributed by atoms with E-state index in [2.05, 4.69) is 46.2 Å². The van der Waals surface area contributed by atoms with E-state index in [9.17, 15) is 9.59 Å². The van der Waals surface area contributed by atoms with Crippen molar-refractivity contribution < 1.29 is 14.3 Å². The molecule has 10 heteroatoms. The molecule has 2 N–H and O–H groups in total. The second kappa shape index (κ2) is 10.7. The summed E-state index contributed by atoms with van der Waals surface area (Å²) in [6.07, 6.45) is 5.78. The number of ether oxygens (including phenoxy) is 1. The van der Waals surface area contributed by atoms with Crippen molar-refractivity contribution in [3.8, 4) is 5.82 Å². The van der Waals surface area contributed by atoms with Crippen molar-refractivity contribution >= 4 is 34.5 Å². The quantitative estimate of drug-likeness (QED) is 0.333. The molecular weight excluding hydrogens is 482 g/mol. The van der Waals surface area contributed by atoms with Gasteiger partial charge in [-0.05, 0) is 50.5 Å². The molecule has 2 amide bonds. The first-order valence-electron chi connectivity index (χ1n) is 12.4. The summed E-state index contributed by atoms with van der Waals surface area (Å²) in [5, 5.41) is 6.30. The maximum atomic E-state index is 13.0. The number of likely N-dealkylation sites (tertiary alicyclic amines) is 1. The predicted molar refractivity (Wildman–Crippen MR) is 145 cm³/mol. The summed E-state index contributed by atoms with van der Waals surface area (Å²) in [5.41, 5.74) is 3.24. The van der Waals surface area contributed by atoms with E-state index in [0.29, 0.717) is 41.6 Å². The second-order valence-electron chi connectivity index (χ2n) is 9.27. The van der Waals surface area contributed by atoms with Crippen molar-refractivity contribution in [2.75, 3.05) is 17.2 Å². The van der Waals surface area contributed by atoms with Gasteiger partial charge in [0.25, 0.3) is 0 Å². The van der Waals surface area contributed by atoms with Gasteiger partial charge in [-0.15, -0.1) is 0 Å². The first-order chi connectivity index (χ1) is 18.4. The van der Waals surface area contributed by atoms with Crippen LogP contribution in [0, 0.1) is 0 Å². The molecule has 0 unspecified atom stereocenters. The van der Waals surface area contributed by atoms with Gasteiger partial charge in [0.05, 0.1) is 29.2 Å². The largest absolute Gasteiger partial charge is 0.416 e. The molecule has 0 saturated carbocycles. The van der Waals surface area contributed by atoms with Crippen LogP contribution >= 0.6 is 0 Å². The number of hydrogen-bond donors (Lipinski definition) is 2. The van der Waals surface area contributed by atoms with Gasteiger partial charge in [0.2, 0.25) is 5.91 Å². The maximum Gasteiger partial charge on any atom is 0.415 e. The Balaban J connectivity index is 1.30. The lowest BCUT2D eigenvalue weighted by Gasteiger charge is -2.23. The number of benzene rings is 2. The summed E-state index contributed by atoms with van der Waals surface area (Å²) >= 11 is 0. The minimum absolute atomic E-state index is 0.0601. The number of amides is 2. The zero-order valence-corrected chi connectivity index (χ0v) is 21.3. The number of aromatic nitrogens is 4. The molecule has 1 saturated heterocycles. The molecule has 0 spiro atoms. The molecule has 3 heterocycles. The lowest BCUT2D eigenvalue weighted by atomic mass is 10.1. The molecule has 10 nitrogen and oxygen atoms in total. The number of fused-ring (bicyclic) bond motifs is 1. The molecule has 2 atom stereocenters. The highest BCUT2D eigenvalue weighted by Crippen LogP contribution is 2.25. The summed E-state index contributed by atoms with van der Waals surface area (Å²) in [4.78, 5) is 40.3. The average molecular weight is 512 g/mol. The van der Waals surface area contributed by atoms with Crippen molar-refractivity contribution in [1.82, 2.24) is 24.4 Å². The topological polar surface area (TPSA) is 114 Å². The summed E-state index contributed by atoms with van der Waals surface area (Å²) in [6, 6.07) is 15.1. The van der Waals surface area contributed by atoms with Gasteiger partial charge >= 0.3 is 6.09 Å². The molecule has 4 aromatic rings. The van der Waals surface area contributed by atoms with E-state index in [1.165, 1.54) is 4.90 Å². The van der Waals surface area contributed by atoms with Crippen LogP contribution in [-0.2, 0) is 9.53 Å². The molecule has 0 bridgehead atoms. The Bertz CT molecular complexity index is 1480. The van der Waals surface area contributed by atoms with Crippen molar-refractivity contribution in [2.45, 2.75) is 38.8 Å². The third-order valence-corrected chi connectivity index (χ3v) is 6.40. The molecule has 0 radical (unpaired) electrons. The molecule has 5 rings (SSSR count). The highest BCUT2D eigenvalue weighted by atomic mass is 16.6. The Morgan fingerprint density at radius 1 is 1.16 bits per heavy atom. The van der Waals surface area contributed by atoms with E-state index in [1.807, 2.05) is 28.8 Å². The first kappa shape index (κ1) is 24.9. The lowest BCUT2D eigenvalue weighted by molar-refractivity contribution is -0.119. The minimum atomic E-state index is -0.598. The predicted octanol–water partition coefficient (Wildman–Crippen LogP) is 5.06. The molecule has 1 fully saturated rings. The van der Waals surface area contributed by atoms with Crippen molar-refractivity contribution in [2.24, 2.45) is 0 Å². The lowest BCUT2D eigenvalue weighted by Crippen LogP contribution is -2.43. The van der Waals surface area contributed by atoms with E-state index in [4.69, 9.17) is 9.72 Å². The Hall–Kier alpha value is -4.73. The Morgan fingerprint density at radius 2 is 1.97 bits per heavy atom. The maximum absolute atomic E-state index is 13.0. The van der Waals surface area contributed by atoms with Crippen LogP contribution in [0.2, 0.25) is 0 Å². The SMILES string of the molecule is C=C(C)OC(=O)N1CCC[C@H]1C(=O)Nc1ccc2c(c1)ncn2-c1cncc(N[C@@H](C)c2ccccc2)n1. The van der Waals surface area contributed by atoms with E-state index >= 15 is 0 Å². The van der Waals surface area contributed by atoms with Crippen molar-refractivity contribution in [3.05, 3.63) is 85.2 Å². The monoisotopic (exact) mass is 511 g/mol. The van der Waals surface area contributed by atoms with E-state index < -0.39 is 12.1 Å². The molecular formula is C28H29N7O3. The Morgan fingerprint density at radius 3 is 2.76 bits per heavy atom. The third kappa shape index (κ3) is 5.34. The number of allylic oxidation sites excluding steroid dienone is 1. The third-order valence-electron chi connectivity index (χ3n) is 6.40. The van der Waals surface area contributed by atoms with Gasteiger partial charge in [0, 0.05) is 18.3 Å².